The largest absolute Gasteiger partial charge is 0.394 e. The maximum atomic E-state index is 11.5. The molecular weight excluding hydrogens is 428 g/mol. The molecule has 0 bridgehead atoms. The van der Waals surface area contributed by atoms with Gasteiger partial charge in [0, 0.05) is 25.0 Å². The topological polar surface area (TPSA) is 221 Å². The van der Waals surface area contributed by atoms with Crippen molar-refractivity contribution in [2.45, 2.75) is 43.2 Å². The number of aromatic nitrogens is 3. The average molecular weight is 456 g/mol. The SMILES string of the molecule is Nc1ccn([C@@H]2O[C@H](CO)[C@@H](O)[C@H]2O)c(=O)n1.O=CCC(O)C(O)CO.c1ccncc1. The molecule has 0 spiro atoms. The van der Waals surface area contributed by atoms with Crippen molar-refractivity contribution >= 4 is 12.1 Å². The molecule has 178 valence electrons. The van der Waals surface area contributed by atoms with Gasteiger partial charge in [-0.3, -0.25) is 9.55 Å². The highest BCUT2D eigenvalue weighted by atomic mass is 16.6. The third-order valence-corrected chi connectivity index (χ3v) is 4.18. The molecule has 1 saturated heterocycles. The van der Waals surface area contributed by atoms with Crippen LogP contribution < -0.4 is 11.4 Å². The zero-order valence-electron chi connectivity index (χ0n) is 17.0. The number of aliphatic hydroxyl groups is 6. The predicted octanol–water partition coefficient (Wildman–Crippen LogP) is -3.19. The third-order valence-electron chi connectivity index (χ3n) is 4.18. The van der Waals surface area contributed by atoms with Gasteiger partial charge in [-0.2, -0.15) is 4.98 Å². The molecule has 0 radical (unpaired) electrons. The number of ether oxygens (including phenoxy) is 1. The van der Waals surface area contributed by atoms with Gasteiger partial charge in [-0.1, -0.05) is 6.07 Å². The average Bonchev–Trinajstić information content (AvgIpc) is 3.09. The van der Waals surface area contributed by atoms with Crippen molar-refractivity contribution in [1.82, 2.24) is 14.5 Å². The molecule has 3 rings (SSSR count). The lowest BCUT2D eigenvalue weighted by atomic mass is 10.1. The second-order valence-electron chi connectivity index (χ2n) is 6.52. The van der Waals surface area contributed by atoms with Gasteiger partial charge in [-0.15, -0.1) is 0 Å². The van der Waals surface area contributed by atoms with Crippen LogP contribution in [0.4, 0.5) is 5.82 Å². The molecule has 1 fully saturated rings. The van der Waals surface area contributed by atoms with E-state index in [0.29, 0.717) is 6.29 Å². The highest BCUT2D eigenvalue weighted by molar-refractivity contribution is 5.50. The Morgan fingerprint density at radius 2 is 1.78 bits per heavy atom. The second kappa shape index (κ2) is 14.3. The maximum absolute atomic E-state index is 11.5. The van der Waals surface area contributed by atoms with E-state index >= 15 is 0 Å². The van der Waals surface area contributed by atoms with Gasteiger partial charge in [-0.05, 0) is 18.2 Å². The van der Waals surface area contributed by atoms with Crippen LogP contribution >= 0.6 is 0 Å². The molecule has 6 atom stereocenters. The molecule has 2 unspecified atom stereocenters. The number of hydrogen-bond donors (Lipinski definition) is 7. The van der Waals surface area contributed by atoms with Gasteiger partial charge in [0.05, 0.1) is 19.3 Å². The number of nitrogens with two attached hydrogens (primary N) is 1. The Morgan fingerprint density at radius 3 is 2.19 bits per heavy atom. The summed E-state index contributed by atoms with van der Waals surface area (Å²) in [6.45, 7) is -0.971. The van der Waals surface area contributed by atoms with Crippen LogP contribution in [-0.4, -0.2) is 95.2 Å². The minimum Gasteiger partial charge on any atom is -0.394 e. The zero-order chi connectivity index (χ0) is 24.1. The number of anilines is 1. The Kier molecular flexibility index (Phi) is 12.2. The first-order chi connectivity index (χ1) is 15.3. The molecule has 8 N–H and O–H groups in total. The molecule has 0 aromatic carbocycles. The van der Waals surface area contributed by atoms with Crippen LogP contribution in [0.5, 0.6) is 0 Å². The van der Waals surface area contributed by atoms with Crippen molar-refractivity contribution in [3.8, 4) is 0 Å². The predicted molar refractivity (Wildman–Crippen MR) is 110 cm³/mol. The summed E-state index contributed by atoms with van der Waals surface area (Å²) in [5.41, 5.74) is 4.63. The molecule has 0 saturated carbocycles. The van der Waals surface area contributed by atoms with Gasteiger partial charge in [0.25, 0.3) is 0 Å². The Labute approximate surface area is 183 Å². The minimum absolute atomic E-state index is 0.0537. The standard InChI is InChI=1S/C9H13N3O5.C5H5N.C5H10O4/c10-5-1-2-12(9(16)11-5)8-7(15)6(14)4(3-13)17-8;1-2-4-6-5-3-1;6-2-1-4(8)5(9)3-7/h1-2,4,6-8,13-15H,3H2,(H2,10,11,16);1-5H;2,4-5,7-9H,1,3H2/t4-,6-,7-,8-;;/m1../s1. The number of hydrogen-bond acceptors (Lipinski definition) is 12. The number of nitrogens with zero attached hydrogens (tertiary/aromatic N) is 3. The summed E-state index contributed by atoms with van der Waals surface area (Å²) in [4.78, 5) is 28.5. The van der Waals surface area contributed by atoms with Crippen LogP contribution in [0.3, 0.4) is 0 Å². The number of carbonyl (C=O) groups is 1. The van der Waals surface area contributed by atoms with E-state index in [1.54, 1.807) is 12.4 Å². The van der Waals surface area contributed by atoms with Gasteiger partial charge in [0.15, 0.2) is 6.23 Å². The number of nitrogen functional groups attached to an aromatic ring is 1. The van der Waals surface area contributed by atoms with Crippen LogP contribution in [-0.2, 0) is 9.53 Å². The summed E-state index contributed by atoms with van der Waals surface area (Å²) >= 11 is 0. The van der Waals surface area contributed by atoms with E-state index in [-0.39, 0.29) is 12.2 Å². The monoisotopic (exact) mass is 456 g/mol. The molecule has 13 heteroatoms. The van der Waals surface area contributed by atoms with Crippen molar-refractivity contribution in [3.63, 3.8) is 0 Å². The van der Waals surface area contributed by atoms with Gasteiger partial charge >= 0.3 is 5.69 Å². The van der Waals surface area contributed by atoms with Crippen molar-refractivity contribution in [2.24, 2.45) is 0 Å². The van der Waals surface area contributed by atoms with E-state index in [9.17, 15) is 19.8 Å². The molecule has 32 heavy (non-hydrogen) atoms. The summed E-state index contributed by atoms with van der Waals surface area (Å²) in [5.74, 6) is 0.0537. The molecule has 13 nitrogen and oxygen atoms in total. The molecule has 2 aromatic rings. The second-order valence-corrected chi connectivity index (χ2v) is 6.52. The number of rotatable bonds is 6. The summed E-state index contributed by atoms with van der Waals surface area (Å²) in [7, 11) is 0. The third kappa shape index (κ3) is 8.39. The van der Waals surface area contributed by atoms with E-state index < -0.39 is 55.7 Å². The van der Waals surface area contributed by atoms with Crippen LogP contribution in [0.2, 0.25) is 0 Å². The van der Waals surface area contributed by atoms with E-state index in [1.165, 1.54) is 12.3 Å². The lowest BCUT2D eigenvalue weighted by Gasteiger charge is -2.16. The van der Waals surface area contributed by atoms with E-state index in [0.717, 1.165) is 4.57 Å². The molecule has 0 aliphatic carbocycles. The quantitative estimate of drug-likeness (QED) is 0.214. The lowest BCUT2D eigenvalue weighted by molar-refractivity contribution is -0.111. The van der Waals surface area contributed by atoms with Crippen LogP contribution in [0.15, 0.2) is 47.7 Å². The summed E-state index contributed by atoms with van der Waals surface area (Å²) < 4.78 is 6.19. The Bertz CT molecular complexity index is 812. The smallest absolute Gasteiger partial charge is 0.351 e. The van der Waals surface area contributed by atoms with Gasteiger partial charge in [-0.25, -0.2) is 4.79 Å². The van der Waals surface area contributed by atoms with Crippen LogP contribution in [0, 0.1) is 0 Å². The normalized spacial score (nSPS) is 23.7. The number of aldehydes is 1. The summed E-state index contributed by atoms with van der Waals surface area (Å²) in [6, 6.07) is 7.09. The first kappa shape index (κ1) is 27.3. The molecule has 3 heterocycles. The number of carbonyl (C=O) groups excluding carboxylic acids is 1. The van der Waals surface area contributed by atoms with Crippen LogP contribution in [0.1, 0.15) is 12.6 Å². The summed E-state index contributed by atoms with van der Waals surface area (Å²) in [5, 5.41) is 53.6. The minimum atomic E-state index is -1.31. The van der Waals surface area contributed by atoms with Gasteiger partial charge in [0.1, 0.15) is 36.5 Å². The fourth-order valence-electron chi connectivity index (χ4n) is 2.42. The number of aliphatic hydroxyl groups excluding tert-OH is 6. The van der Waals surface area contributed by atoms with E-state index in [1.807, 2.05) is 18.2 Å². The van der Waals surface area contributed by atoms with Crippen molar-refractivity contribution < 1.29 is 40.2 Å². The van der Waals surface area contributed by atoms with E-state index in [4.69, 9.17) is 30.9 Å². The lowest BCUT2D eigenvalue weighted by Crippen LogP contribution is -2.36. The molecule has 0 amide bonds. The van der Waals surface area contributed by atoms with Crippen molar-refractivity contribution in [2.75, 3.05) is 18.9 Å². The highest BCUT2D eigenvalue weighted by Crippen LogP contribution is 2.27. The van der Waals surface area contributed by atoms with Crippen molar-refractivity contribution in [3.05, 3.63) is 53.3 Å². The fourth-order valence-corrected chi connectivity index (χ4v) is 2.42. The van der Waals surface area contributed by atoms with E-state index in [2.05, 4.69) is 9.97 Å². The zero-order valence-corrected chi connectivity index (χ0v) is 17.0. The first-order valence-corrected chi connectivity index (χ1v) is 9.49. The first-order valence-electron chi connectivity index (χ1n) is 9.49. The molecule has 1 aliphatic rings. The Hall–Kier alpha value is -2.78. The molecular formula is C19H28N4O9. The maximum Gasteiger partial charge on any atom is 0.351 e. The Balaban J connectivity index is 0.000000285. The molecule has 1 aliphatic heterocycles. The fraction of sp³-hybridized carbons (Fsp3) is 0.474. The molecule has 2 aromatic heterocycles. The Morgan fingerprint density at radius 1 is 1.12 bits per heavy atom. The van der Waals surface area contributed by atoms with Gasteiger partial charge < -0.3 is 45.9 Å². The summed E-state index contributed by atoms with van der Waals surface area (Å²) in [6.07, 6.45) is -1.74. The highest BCUT2D eigenvalue weighted by Gasteiger charge is 2.43. The van der Waals surface area contributed by atoms with Gasteiger partial charge in [0.2, 0.25) is 0 Å². The number of pyridine rings is 1. The van der Waals surface area contributed by atoms with Crippen LogP contribution in [0.25, 0.3) is 0 Å². The van der Waals surface area contributed by atoms with Crippen molar-refractivity contribution in [1.29, 1.82) is 0 Å².